The van der Waals surface area contributed by atoms with Crippen molar-refractivity contribution in [3.8, 4) is 0 Å². The fourth-order valence-corrected chi connectivity index (χ4v) is 7.86. The fourth-order valence-electron chi connectivity index (χ4n) is 4.83. The monoisotopic (exact) mass is 612 g/mol. The minimum Gasteiger partial charge on any atom is -0.390 e. The van der Waals surface area contributed by atoms with Gasteiger partial charge < -0.3 is 31.5 Å². The second-order valence-electron chi connectivity index (χ2n) is 9.54. The molecule has 2 saturated heterocycles. The van der Waals surface area contributed by atoms with Crippen LogP contribution in [0.1, 0.15) is 19.4 Å². The van der Waals surface area contributed by atoms with E-state index in [1.807, 2.05) is 0 Å². The van der Waals surface area contributed by atoms with E-state index >= 15 is 0 Å². The molecule has 214 valence electrons. The average molecular weight is 613 g/mol. The summed E-state index contributed by atoms with van der Waals surface area (Å²) in [5.41, 5.74) is 12.5. The molecule has 2 aliphatic rings. The summed E-state index contributed by atoms with van der Waals surface area (Å²) in [5.74, 6) is -2.15. The average Bonchev–Trinajstić information content (AvgIpc) is 3.54. The first-order valence-corrected chi connectivity index (χ1v) is 16.0. The van der Waals surface area contributed by atoms with E-state index in [1.54, 1.807) is 11.5 Å². The summed E-state index contributed by atoms with van der Waals surface area (Å²) >= 11 is 4.05. The zero-order chi connectivity index (χ0) is 28.4. The van der Waals surface area contributed by atoms with Gasteiger partial charge >= 0.3 is 6.80 Å². The van der Waals surface area contributed by atoms with Crippen molar-refractivity contribution in [1.29, 1.82) is 0 Å². The molecule has 0 radical (unpaired) electrons. The maximum atomic E-state index is 13.3. The van der Waals surface area contributed by atoms with E-state index in [1.165, 1.54) is 29.9 Å². The Balaban J connectivity index is 1.30. The molecule has 7 N–H and O–H groups in total. The van der Waals surface area contributed by atoms with Crippen molar-refractivity contribution >= 4 is 61.6 Å². The van der Waals surface area contributed by atoms with Crippen LogP contribution in [0.3, 0.4) is 0 Å². The predicted molar refractivity (Wildman–Crippen MR) is 145 cm³/mol. The van der Waals surface area contributed by atoms with Crippen molar-refractivity contribution in [2.45, 2.75) is 43.0 Å². The highest BCUT2D eigenvalue weighted by Gasteiger charge is 2.57. The second-order valence-corrected chi connectivity index (χ2v) is 14.1. The summed E-state index contributed by atoms with van der Waals surface area (Å²) in [6, 6.07) is 0. The Labute approximate surface area is 232 Å². The van der Waals surface area contributed by atoms with Gasteiger partial charge in [-0.1, -0.05) is 19.2 Å². The van der Waals surface area contributed by atoms with Crippen molar-refractivity contribution in [2.24, 2.45) is 5.92 Å². The molecule has 0 aromatic carbocycles. The van der Waals surface area contributed by atoms with Gasteiger partial charge in [0.15, 0.2) is 34.9 Å². The van der Waals surface area contributed by atoms with Gasteiger partial charge in [-0.2, -0.15) is 0 Å². The third-order valence-corrected chi connectivity index (χ3v) is 10.3. The number of ether oxygens (including phenoxy) is 1. The van der Waals surface area contributed by atoms with Gasteiger partial charge in [-0.15, -0.1) is 8.58 Å². The normalized spacial score (nSPS) is 34.8. The number of nitrogens with two attached hydrogens (primary N) is 2. The fraction of sp³-hybridized carbons (Fsp3) is 0.500. The highest BCUT2D eigenvalue weighted by atomic mass is 32.7. The largest absolute Gasteiger partial charge is 0.390 e. The first kappa shape index (κ1) is 27.6. The smallest absolute Gasteiger partial charge is 0.386 e. The van der Waals surface area contributed by atoms with Crippen LogP contribution >= 0.6 is 27.6 Å². The van der Waals surface area contributed by atoms with E-state index < -0.39 is 55.4 Å². The minimum atomic E-state index is -4.28. The molecule has 0 bridgehead atoms. The lowest BCUT2D eigenvalue weighted by molar-refractivity contribution is -0.390. The first-order chi connectivity index (χ1) is 19.0. The molecule has 17 nitrogen and oxygen atoms in total. The van der Waals surface area contributed by atoms with Gasteiger partial charge in [-0.05, 0) is 6.16 Å². The molecule has 9 atom stereocenters. The van der Waals surface area contributed by atoms with Crippen LogP contribution in [0.2, 0.25) is 0 Å². The molecule has 0 spiro atoms. The first-order valence-electron chi connectivity index (χ1n) is 12.0. The van der Waals surface area contributed by atoms with Gasteiger partial charge in [0.25, 0.3) is 0 Å². The van der Waals surface area contributed by atoms with Gasteiger partial charge in [0.2, 0.25) is 0 Å². The summed E-state index contributed by atoms with van der Waals surface area (Å²) in [7, 11) is 0.0393. The van der Waals surface area contributed by atoms with Crippen molar-refractivity contribution in [3.63, 3.8) is 0 Å². The number of thiol groups is 1. The molecular formula is C20H26N10O7P2S. The zero-order valence-electron chi connectivity index (χ0n) is 20.8. The van der Waals surface area contributed by atoms with E-state index in [0.29, 0.717) is 17.3 Å². The third-order valence-electron chi connectivity index (χ3n) is 7.07. The Kier molecular flexibility index (Phi) is 6.96. The molecule has 0 saturated carbocycles. The number of imidazole rings is 2. The van der Waals surface area contributed by atoms with E-state index in [-0.39, 0.29) is 31.4 Å². The Morgan fingerprint density at radius 3 is 2.50 bits per heavy atom. The number of hydrogen-bond acceptors (Lipinski definition) is 15. The van der Waals surface area contributed by atoms with Crippen LogP contribution in [0.15, 0.2) is 25.3 Å². The molecule has 0 aliphatic carbocycles. The molecule has 4 aromatic heterocycles. The lowest BCUT2D eigenvalue weighted by Crippen LogP contribution is -2.60. The lowest BCUT2D eigenvalue weighted by atomic mass is 9.92. The van der Waals surface area contributed by atoms with Crippen molar-refractivity contribution in [1.82, 2.24) is 39.0 Å². The predicted octanol–water partition coefficient (Wildman–Crippen LogP) is 0.0363. The van der Waals surface area contributed by atoms with Crippen molar-refractivity contribution < 1.29 is 33.7 Å². The molecule has 0 amide bonds. The van der Waals surface area contributed by atoms with Gasteiger partial charge in [-0.3, -0.25) is 18.2 Å². The quantitative estimate of drug-likeness (QED) is 0.132. The molecule has 6 heterocycles. The van der Waals surface area contributed by atoms with Crippen molar-refractivity contribution in [2.75, 3.05) is 24.2 Å². The molecular weight excluding hydrogens is 586 g/mol. The van der Waals surface area contributed by atoms with Crippen LogP contribution in [0.5, 0.6) is 0 Å². The number of rotatable bonds is 3. The lowest BCUT2D eigenvalue weighted by Gasteiger charge is -2.51. The number of fused-ring (bicyclic) bond motifs is 3. The number of aromatic nitrogens is 8. The maximum absolute atomic E-state index is 13.3. The van der Waals surface area contributed by atoms with Crippen LogP contribution in [-0.4, -0.2) is 90.8 Å². The summed E-state index contributed by atoms with van der Waals surface area (Å²) in [5, 5.41) is 33.9. The zero-order valence-corrected chi connectivity index (χ0v) is 23.6. The van der Waals surface area contributed by atoms with Gasteiger partial charge in [0.1, 0.15) is 42.6 Å². The molecule has 20 heteroatoms. The molecule has 4 aromatic rings. The Hall–Kier alpha value is -2.53. The van der Waals surface area contributed by atoms with Gasteiger partial charge in [0.05, 0.1) is 24.7 Å². The number of anilines is 2. The summed E-state index contributed by atoms with van der Waals surface area (Å²) in [4.78, 5) is 24.5. The minimum absolute atomic E-state index is 0.0393. The SMILES string of the molecule is CC1PC[C@H]2[C@H](n3cnc4c(N)ncnc43)O[C@]2(O)COP(=O)(S)O[C@@H]([C@@H](O)n2cnc3c(N)ncnc32)[C@@H]1O. The van der Waals surface area contributed by atoms with Crippen LogP contribution in [0.4, 0.5) is 11.6 Å². The van der Waals surface area contributed by atoms with E-state index in [9.17, 15) is 19.9 Å². The Morgan fingerprint density at radius 2 is 1.77 bits per heavy atom. The summed E-state index contributed by atoms with van der Waals surface area (Å²) in [6.07, 6.45) is 0.438. The van der Waals surface area contributed by atoms with Gasteiger partial charge in [0, 0.05) is 5.66 Å². The number of hydrogen-bond donors (Lipinski definition) is 6. The third kappa shape index (κ3) is 4.62. The van der Waals surface area contributed by atoms with Crippen LogP contribution in [0.25, 0.3) is 22.3 Å². The summed E-state index contributed by atoms with van der Waals surface area (Å²) < 4.78 is 33.0. The standard InChI is InChI=1S/C20H26N10O7P2S/c1-8-12(31)13(18(32)29-6-27-10-14(21)23-4-25-16(10)29)37-39(34,40)35-3-20(33)9(2-38-8)19(36-20)30-7-28-11-15(22)24-5-26-17(11)30/h4-9,12-13,18-19,31-33,38H,2-3H2,1H3,(H,34,40)(H2,21,23,25)(H2,22,24,26)/t8?,9-,12+,13+,18+,19+,20+,39?/m0/s1. The summed E-state index contributed by atoms with van der Waals surface area (Å²) in [6.45, 7) is -3.09. The maximum Gasteiger partial charge on any atom is 0.386 e. The van der Waals surface area contributed by atoms with E-state index in [2.05, 4.69) is 42.2 Å². The molecule has 2 fully saturated rings. The number of nitrogens with zero attached hydrogens (tertiary/aromatic N) is 8. The second kappa shape index (κ2) is 10.1. The Morgan fingerprint density at radius 1 is 1.12 bits per heavy atom. The van der Waals surface area contributed by atoms with Crippen LogP contribution < -0.4 is 11.5 Å². The number of aliphatic hydroxyl groups excluding tert-OH is 2. The van der Waals surface area contributed by atoms with E-state index in [4.69, 9.17) is 25.3 Å². The molecule has 2 aliphatic heterocycles. The molecule has 6 rings (SSSR count). The number of nitrogen functional groups attached to an aromatic ring is 2. The van der Waals surface area contributed by atoms with Crippen LogP contribution in [-0.2, 0) is 18.3 Å². The van der Waals surface area contributed by atoms with Crippen molar-refractivity contribution in [3.05, 3.63) is 25.3 Å². The van der Waals surface area contributed by atoms with Crippen LogP contribution in [0, 0.1) is 5.92 Å². The Bertz CT molecular complexity index is 1630. The topological polar surface area (TPSA) is 245 Å². The molecule has 40 heavy (non-hydrogen) atoms. The highest BCUT2D eigenvalue weighted by molar-refractivity contribution is 8.44. The molecule has 3 unspecified atom stereocenters. The van der Waals surface area contributed by atoms with Gasteiger partial charge in [-0.25, -0.2) is 34.5 Å². The number of aliphatic hydroxyl groups is 3. The highest BCUT2D eigenvalue weighted by Crippen LogP contribution is 2.59. The van der Waals surface area contributed by atoms with E-state index in [0.717, 1.165) is 0 Å².